The first kappa shape index (κ1) is 19.1. The van der Waals surface area contributed by atoms with Crippen molar-refractivity contribution in [1.82, 2.24) is 5.32 Å². The molecule has 0 saturated heterocycles. The predicted molar refractivity (Wildman–Crippen MR) is 108 cm³/mol. The lowest BCUT2D eigenvalue weighted by Crippen LogP contribution is -2.43. The standard InChI is InChI=1S/C22H28N2O3/c1-21(2,3)15-6-9-17(10-7-15)23-20(25)24-22(4,5)16-8-11-18-19(14-16)27-13-12-26-18/h6-11,14H,12-13H2,1-5H3,(H2,23,24,25). The van der Waals surface area contributed by atoms with Gasteiger partial charge >= 0.3 is 6.03 Å². The molecule has 144 valence electrons. The van der Waals surface area contributed by atoms with Crippen molar-refractivity contribution in [3.63, 3.8) is 0 Å². The molecule has 2 amide bonds. The first-order valence-electron chi connectivity index (χ1n) is 9.25. The van der Waals surface area contributed by atoms with E-state index in [0.29, 0.717) is 19.0 Å². The molecule has 0 saturated carbocycles. The fourth-order valence-corrected chi connectivity index (χ4v) is 3.00. The van der Waals surface area contributed by atoms with Gasteiger partial charge in [-0.1, -0.05) is 39.0 Å². The maximum absolute atomic E-state index is 12.5. The average molecular weight is 368 g/mol. The summed E-state index contributed by atoms with van der Waals surface area (Å²) in [7, 11) is 0. The van der Waals surface area contributed by atoms with Gasteiger partial charge in [0.2, 0.25) is 0 Å². The first-order chi connectivity index (χ1) is 12.6. The van der Waals surface area contributed by atoms with Gasteiger partial charge in [0.1, 0.15) is 13.2 Å². The molecule has 0 spiro atoms. The monoisotopic (exact) mass is 368 g/mol. The normalized spacial score (nSPS) is 13.8. The average Bonchev–Trinajstić information content (AvgIpc) is 2.60. The van der Waals surface area contributed by atoms with Crippen molar-refractivity contribution < 1.29 is 14.3 Å². The fraction of sp³-hybridized carbons (Fsp3) is 0.409. The molecule has 1 aliphatic heterocycles. The van der Waals surface area contributed by atoms with E-state index in [-0.39, 0.29) is 11.4 Å². The highest BCUT2D eigenvalue weighted by atomic mass is 16.6. The molecule has 0 fully saturated rings. The van der Waals surface area contributed by atoms with Crippen LogP contribution in [0, 0.1) is 0 Å². The number of carbonyl (C=O) groups is 1. The van der Waals surface area contributed by atoms with Gasteiger partial charge in [0, 0.05) is 5.69 Å². The van der Waals surface area contributed by atoms with Crippen LogP contribution in [-0.4, -0.2) is 19.2 Å². The summed E-state index contributed by atoms with van der Waals surface area (Å²) in [6.07, 6.45) is 0. The maximum Gasteiger partial charge on any atom is 0.319 e. The minimum atomic E-state index is -0.564. The van der Waals surface area contributed by atoms with E-state index in [9.17, 15) is 4.79 Å². The van der Waals surface area contributed by atoms with Crippen LogP contribution >= 0.6 is 0 Å². The molecule has 1 aliphatic rings. The van der Waals surface area contributed by atoms with Gasteiger partial charge in [0.25, 0.3) is 0 Å². The molecule has 27 heavy (non-hydrogen) atoms. The molecule has 5 nitrogen and oxygen atoms in total. The molecule has 0 unspecified atom stereocenters. The second-order valence-electron chi connectivity index (χ2n) is 8.39. The highest BCUT2D eigenvalue weighted by Gasteiger charge is 2.25. The molecule has 0 radical (unpaired) electrons. The lowest BCUT2D eigenvalue weighted by molar-refractivity contribution is 0.171. The van der Waals surface area contributed by atoms with Crippen molar-refractivity contribution in [2.24, 2.45) is 0 Å². The van der Waals surface area contributed by atoms with Crippen molar-refractivity contribution >= 4 is 11.7 Å². The van der Waals surface area contributed by atoms with E-state index in [2.05, 4.69) is 31.4 Å². The number of ether oxygens (including phenoxy) is 2. The number of rotatable bonds is 3. The van der Waals surface area contributed by atoms with Gasteiger partial charge < -0.3 is 20.1 Å². The molecule has 5 heteroatoms. The van der Waals surface area contributed by atoms with Crippen LogP contribution in [-0.2, 0) is 11.0 Å². The number of hydrogen-bond acceptors (Lipinski definition) is 3. The van der Waals surface area contributed by atoms with Crippen LogP contribution in [0.15, 0.2) is 42.5 Å². The van der Waals surface area contributed by atoms with Gasteiger partial charge in [-0.15, -0.1) is 0 Å². The summed E-state index contributed by atoms with van der Waals surface area (Å²) in [6, 6.07) is 13.4. The predicted octanol–water partition coefficient (Wildman–Crippen LogP) is 4.81. The molecule has 2 aromatic carbocycles. The van der Waals surface area contributed by atoms with Crippen LogP contribution in [0.3, 0.4) is 0 Å². The number of benzene rings is 2. The Morgan fingerprint density at radius 1 is 0.852 bits per heavy atom. The topological polar surface area (TPSA) is 59.6 Å². The van der Waals surface area contributed by atoms with Crippen molar-refractivity contribution in [2.75, 3.05) is 18.5 Å². The summed E-state index contributed by atoms with van der Waals surface area (Å²) in [5.74, 6) is 1.45. The van der Waals surface area contributed by atoms with Crippen molar-refractivity contribution in [1.29, 1.82) is 0 Å². The Kier molecular flexibility index (Phi) is 5.05. The second kappa shape index (κ2) is 7.14. The SMILES string of the molecule is CC(C)(C)c1ccc(NC(=O)NC(C)(C)c2ccc3c(c2)OCCO3)cc1. The van der Waals surface area contributed by atoms with E-state index in [4.69, 9.17) is 9.47 Å². The third-order valence-corrected chi connectivity index (χ3v) is 4.70. The second-order valence-corrected chi connectivity index (χ2v) is 8.39. The number of nitrogens with one attached hydrogen (secondary N) is 2. The van der Waals surface area contributed by atoms with Gasteiger partial charge in [-0.25, -0.2) is 4.79 Å². The van der Waals surface area contributed by atoms with Crippen molar-refractivity contribution in [3.05, 3.63) is 53.6 Å². The Hall–Kier alpha value is -2.69. The molecule has 0 atom stereocenters. The van der Waals surface area contributed by atoms with Crippen LogP contribution in [0.25, 0.3) is 0 Å². The van der Waals surface area contributed by atoms with E-state index in [1.165, 1.54) is 5.56 Å². The minimum absolute atomic E-state index is 0.0843. The Balaban J connectivity index is 1.67. The summed E-state index contributed by atoms with van der Waals surface area (Å²) in [5, 5.41) is 5.93. The van der Waals surface area contributed by atoms with Gasteiger partial charge in [0.05, 0.1) is 5.54 Å². The Labute approximate surface area is 161 Å². The van der Waals surface area contributed by atoms with Gasteiger partial charge in [-0.3, -0.25) is 0 Å². The molecular weight excluding hydrogens is 340 g/mol. The maximum atomic E-state index is 12.5. The number of amides is 2. The Morgan fingerprint density at radius 3 is 2.07 bits per heavy atom. The summed E-state index contributed by atoms with van der Waals surface area (Å²) in [5.41, 5.74) is 2.46. The van der Waals surface area contributed by atoms with E-state index >= 15 is 0 Å². The third kappa shape index (κ3) is 4.54. The molecule has 0 aromatic heterocycles. The number of carbonyl (C=O) groups excluding carboxylic acids is 1. The zero-order valence-corrected chi connectivity index (χ0v) is 16.7. The Bertz CT molecular complexity index is 820. The largest absolute Gasteiger partial charge is 0.486 e. The Morgan fingerprint density at radius 2 is 1.44 bits per heavy atom. The molecule has 2 aromatic rings. The van der Waals surface area contributed by atoms with E-state index < -0.39 is 5.54 Å². The van der Waals surface area contributed by atoms with Gasteiger partial charge in [-0.05, 0) is 54.7 Å². The van der Waals surface area contributed by atoms with E-state index in [0.717, 1.165) is 17.0 Å². The zero-order chi connectivity index (χ0) is 19.7. The fourth-order valence-electron chi connectivity index (χ4n) is 3.00. The summed E-state index contributed by atoms with van der Waals surface area (Å²) >= 11 is 0. The summed E-state index contributed by atoms with van der Waals surface area (Å²) in [6.45, 7) is 11.5. The van der Waals surface area contributed by atoms with E-state index in [1.807, 2.05) is 56.3 Å². The molecule has 3 rings (SSSR count). The van der Waals surface area contributed by atoms with Gasteiger partial charge in [-0.2, -0.15) is 0 Å². The molecular formula is C22H28N2O3. The van der Waals surface area contributed by atoms with Gasteiger partial charge in [0.15, 0.2) is 11.5 Å². The van der Waals surface area contributed by atoms with Crippen LogP contribution in [0.5, 0.6) is 11.5 Å². The van der Waals surface area contributed by atoms with Crippen LogP contribution in [0.1, 0.15) is 45.7 Å². The number of urea groups is 1. The molecule has 0 aliphatic carbocycles. The smallest absolute Gasteiger partial charge is 0.319 e. The van der Waals surface area contributed by atoms with Crippen LogP contribution in [0.2, 0.25) is 0 Å². The van der Waals surface area contributed by atoms with Crippen LogP contribution < -0.4 is 20.1 Å². The lowest BCUT2D eigenvalue weighted by Gasteiger charge is -2.29. The number of anilines is 1. The molecule has 1 heterocycles. The number of hydrogen-bond donors (Lipinski definition) is 2. The lowest BCUT2D eigenvalue weighted by atomic mass is 9.87. The number of fused-ring (bicyclic) bond motifs is 1. The van der Waals surface area contributed by atoms with Crippen LogP contribution in [0.4, 0.5) is 10.5 Å². The zero-order valence-electron chi connectivity index (χ0n) is 16.7. The van der Waals surface area contributed by atoms with E-state index in [1.54, 1.807) is 0 Å². The van der Waals surface area contributed by atoms with Crippen molar-refractivity contribution in [3.8, 4) is 11.5 Å². The highest BCUT2D eigenvalue weighted by molar-refractivity contribution is 5.89. The van der Waals surface area contributed by atoms with Crippen molar-refractivity contribution in [2.45, 2.75) is 45.6 Å². The minimum Gasteiger partial charge on any atom is -0.486 e. The molecule has 0 bridgehead atoms. The summed E-state index contributed by atoms with van der Waals surface area (Å²) < 4.78 is 11.2. The molecule has 2 N–H and O–H groups in total. The highest BCUT2D eigenvalue weighted by Crippen LogP contribution is 2.34. The quantitative estimate of drug-likeness (QED) is 0.817. The summed E-state index contributed by atoms with van der Waals surface area (Å²) in [4.78, 5) is 12.5. The third-order valence-electron chi connectivity index (χ3n) is 4.70. The first-order valence-corrected chi connectivity index (χ1v) is 9.25.